The Bertz CT molecular complexity index is 483. The van der Waals surface area contributed by atoms with Gasteiger partial charge in [-0.15, -0.1) is 0 Å². The zero-order valence-electron chi connectivity index (χ0n) is 8.83. The van der Waals surface area contributed by atoms with Gasteiger partial charge in [-0.2, -0.15) is 5.10 Å². The number of rotatable bonds is 3. The fraction of sp³-hybridized carbons (Fsp3) is 0.250. The van der Waals surface area contributed by atoms with Crippen molar-refractivity contribution in [2.45, 2.75) is 13.3 Å². The molecule has 0 aliphatic rings. The van der Waals surface area contributed by atoms with Crippen molar-refractivity contribution in [3.8, 4) is 0 Å². The summed E-state index contributed by atoms with van der Waals surface area (Å²) in [4.78, 5) is 0. The van der Waals surface area contributed by atoms with Crippen molar-refractivity contribution in [1.29, 1.82) is 0 Å². The average Bonchev–Trinajstić information content (AvgIpc) is 2.65. The number of fused-ring (bicyclic) bond motifs is 1. The van der Waals surface area contributed by atoms with Crippen LogP contribution in [0, 0.1) is 6.92 Å². The van der Waals surface area contributed by atoms with Gasteiger partial charge < -0.3 is 5.73 Å². The quantitative estimate of drug-likeness (QED) is 0.800. The van der Waals surface area contributed by atoms with E-state index in [-0.39, 0.29) is 0 Å². The van der Waals surface area contributed by atoms with Gasteiger partial charge in [0.25, 0.3) is 0 Å². The maximum Gasteiger partial charge on any atom is 0.0653 e. The number of aromatic nitrogens is 2. The van der Waals surface area contributed by atoms with Crippen molar-refractivity contribution in [1.82, 2.24) is 10.2 Å². The van der Waals surface area contributed by atoms with E-state index in [2.05, 4.69) is 41.4 Å². The molecule has 78 valence electrons. The van der Waals surface area contributed by atoms with E-state index in [1.165, 1.54) is 11.1 Å². The first-order valence-corrected chi connectivity index (χ1v) is 5.11. The number of nitrogens with one attached hydrogen (secondary N) is 1. The molecule has 0 saturated heterocycles. The largest absolute Gasteiger partial charge is 0.330 e. The van der Waals surface area contributed by atoms with E-state index >= 15 is 0 Å². The molecule has 0 spiro atoms. The van der Waals surface area contributed by atoms with Crippen LogP contribution in [-0.2, 0) is 0 Å². The third-order valence-electron chi connectivity index (χ3n) is 2.46. The molecule has 0 aliphatic heterocycles. The van der Waals surface area contributed by atoms with Gasteiger partial charge in [0.1, 0.15) is 0 Å². The van der Waals surface area contributed by atoms with Gasteiger partial charge in [0, 0.05) is 5.39 Å². The summed E-state index contributed by atoms with van der Waals surface area (Å²) in [7, 11) is 0. The number of H-pyrrole nitrogens is 1. The molecular weight excluding hydrogens is 186 g/mol. The van der Waals surface area contributed by atoms with Crippen LogP contribution in [0.4, 0.5) is 0 Å². The number of aromatic amines is 1. The molecule has 3 nitrogen and oxygen atoms in total. The molecule has 3 heteroatoms. The van der Waals surface area contributed by atoms with Crippen molar-refractivity contribution >= 4 is 17.0 Å². The number of hydrogen-bond donors (Lipinski definition) is 2. The highest BCUT2D eigenvalue weighted by Gasteiger charge is 1.99. The van der Waals surface area contributed by atoms with Gasteiger partial charge in [-0.25, -0.2) is 0 Å². The monoisotopic (exact) mass is 201 g/mol. The number of hydrogen-bond acceptors (Lipinski definition) is 2. The molecule has 0 unspecified atom stereocenters. The van der Waals surface area contributed by atoms with Crippen molar-refractivity contribution in [3.05, 3.63) is 35.5 Å². The van der Waals surface area contributed by atoms with Gasteiger partial charge >= 0.3 is 0 Å². The predicted molar refractivity (Wildman–Crippen MR) is 63.5 cm³/mol. The van der Waals surface area contributed by atoms with Crippen LogP contribution in [0.2, 0.25) is 0 Å². The lowest BCUT2D eigenvalue weighted by atomic mass is 10.1. The second-order valence-corrected chi connectivity index (χ2v) is 3.65. The second-order valence-electron chi connectivity index (χ2n) is 3.65. The maximum atomic E-state index is 5.44. The zero-order chi connectivity index (χ0) is 10.7. The van der Waals surface area contributed by atoms with Crippen LogP contribution in [-0.4, -0.2) is 16.7 Å². The molecule has 2 aromatic rings. The topological polar surface area (TPSA) is 54.7 Å². The van der Waals surface area contributed by atoms with Crippen LogP contribution >= 0.6 is 0 Å². The lowest BCUT2D eigenvalue weighted by molar-refractivity contribution is 1.01. The molecule has 0 aliphatic carbocycles. The summed E-state index contributed by atoms with van der Waals surface area (Å²) in [6.07, 6.45) is 6.99. The van der Waals surface area contributed by atoms with Crippen LogP contribution in [0.3, 0.4) is 0 Å². The van der Waals surface area contributed by atoms with Crippen molar-refractivity contribution in [2.75, 3.05) is 6.54 Å². The van der Waals surface area contributed by atoms with E-state index < -0.39 is 0 Å². The first kappa shape index (κ1) is 9.93. The van der Waals surface area contributed by atoms with Crippen LogP contribution in [0.1, 0.15) is 17.5 Å². The van der Waals surface area contributed by atoms with E-state index in [0.29, 0.717) is 6.54 Å². The molecule has 1 aromatic carbocycles. The number of benzene rings is 1. The highest BCUT2D eigenvalue weighted by atomic mass is 15.1. The van der Waals surface area contributed by atoms with Crippen LogP contribution < -0.4 is 5.73 Å². The van der Waals surface area contributed by atoms with Crippen LogP contribution in [0.5, 0.6) is 0 Å². The summed E-state index contributed by atoms with van der Waals surface area (Å²) >= 11 is 0. The Balaban J connectivity index is 2.37. The summed E-state index contributed by atoms with van der Waals surface area (Å²) in [6, 6.07) is 4.26. The van der Waals surface area contributed by atoms with Crippen molar-refractivity contribution < 1.29 is 0 Å². The first-order chi connectivity index (χ1) is 7.31. The third-order valence-corrected chi connectivity index (χ3v) is 2.46. The van der Waals surface area contributed by atoms with Crippen molar-refractivity contribution in [2.24, 2.45) is 5.73 Å². The molecule has 0 radical (unpaired) electrons. The van der Waals surface area contributed by atoms with Gasteiger partial charge in [-0.05, 0) is 43.1 Å². The summed E-state index contributed by atoms with van der Waals surface area (Å²) in [5.74, 6) is 0. The molecule has 3 N–H and O–H groups in total. The molecule has 0 fully saturated rings. The van der Waals surface area contributed by atoms with E-state index in [1.807, 2.05) is 6.20 Å². The lowest BCUT2D eigenvalue weighted by Crippen LogP contribution is -1.95. The minimum absolute atomic E-state index is 0.698. The lowest BCUT2D eigenvalue weighted by Gasteiger charge is -2.00. The Kier molecular flexibility index (Phi) is 2.83. The zero-order valence-corrected chi connectivity index (χ0v) is 8.83. The highest BCUT2D eigenvalue weighted by Crippen LogP contribution is 2.18. The Labute approximate surface area is 89.0 Å². The molecule has 2 rings (SSSR count). The fourth-order valence-electron chi connectivity index (χ4n) is 1.60. The van der Waals surface area contributed by atoms with E-state index in [1.54, 1.807) is 0 Å². The Morgan fingerprint density at radius 2 is 2.33 bits per heavy atom. The summed E-state index contributed by atoms with van der Waals surface area (Å²) < 4.78 is 0. The summed E-state index contributed by atoms with van der Waals surface area (Å²) in [5.41, 5.74) is 9.01. The molecule has 0 saturated carbocycles. The molecule has 1 aromatic heterocycles. The molecule has 1 heterocycles. The Morgan fingerprint density at radius 3 is 3.13 bits per heavy atom. The summed E-state index contributed by atoms with van der Waals surface area (Å²) in [5, 5.41) is 8.12. The van der Waals surface area contributed by atoms with E-state index in [9.17, 15) is 0 Å². The van der Waals surface area contributed by atoms with Gasteiger partial charge in [0.2, 0.25) is 0 Å². The third kappa shape index (κ3) is 2.07. The normalized spacial score (nSPS) is 11.6. The predicted octanol–water partition coefficient (Wildman–Crippen LogP) is 2.23. The standard InChI is InChI=1S/C12H15N3/c1-9-6-12-11(8-14-15-12)7-10(9)4-2-3-5-13/h2,4,6-8H,3,5,13H2,1H3,(H,14,15). The number of nitrogens with zero attached hydrogens (tertiary/aromatic N) is 1. The molecular formula is C12H15N3. The second kappa shape index (κ2) is 4.28. The van der Waals surface area contributed by atoms with Gasteiger partial charge in [-0.3, -0.25) is 5.10 Å². The van der Waals surface area contributed by atoms with Crippen LogP contribution in [0.25, 0.3) is 17.0 Å². The van der Waals surface area contributed by atoms with Crippen molar-refractivity contribution in [3.63, 3.8) is 0 Å². The minimum Gasteiger partial charge on any atom is -0.330 e. The van der Waals surface area contributed by atoms with Gasteiger partial charge in [-0.1, -0.05) is 12.2 Å². The first-order valence-electron chi connectivity index (χ1n) is 5.11. The maximum absolute atomic E-state index is 5.44. The van der Waals surface area contributed by atoms with Crippen LogP contribution in [0.15, 0.2) is 24.4 Å². The summed E-state index contributed by atoms with van der Waals surface area (Å²) in [6.45, 7) is 2.80. The smallest absolute Gasteiger partial charge is 0.0653 e. The molecule has 0 atom stereocenters. The van der Waals surface area contributed by atoms with Gasteiger partial charge in [0.15, 0.2) is 0 Å². The molecule has 0 bridgehead atoms. The molecule has 15 heavy (non-hydrogen) atoms. The SMILES string of the molecule is Cc1cc2[nH]ncc2cc1C=CCCN. The van der Waals surface area contributed by atoms with E-state index in [0.717, 1.165) is 17.3 Å². The molecule has 0 amide bonds. The Morgan fingerprint density at radius 1 is 1.47 bits per heavy atom. The fourth-order valence-corrected chi connectivity index (χ4v) is 1.60. The van der Waals surface area contributed by atoms with Gasteiger partial charge in [0.05, 0.1) is 11.7 Å². The highest BCUT2D eigenvalue weighted by molar-refractivity contribution is 5.82. The average molecular weight is 201 g/mol. The van der Waals surface area contributed by atoms with E-state index in [4.69, 9.17) is 5.73 Å². The number of aryl methyl sites for hydroxylation is 1. The Hall–Kier alpha value is -1.61. The minimum atomic E-state index is 0.698. The number of nitrogens with two attached hydrogens (primary N) is 1.